The van der Waals surface area contributed by atoms with Crippen LogP contribution in [0.4, 0.5) is 43.7 Å². The number of rotatable bonds is 19. The Bertz CT molecular complexity index is 8980. The number of ether oxygens (including phenoxy) is 3. The molecule has 0 spiro atoms. The van der Waals surface area contributed by atoms with Gasteiger partial charge in [0.1, 0.15) is 53.8 Å². The average Bonchev–Trinajstić information content (AvgIpc) is 1.62. The van der Waals surface area contributed by atoms with Crippen LogP contribution in [-0.2, 0) is 82.7 Å². The topological polar surface area (TPSA) is 301 Å². The van der Waals surface area contributed by atoms with Crippen LogP contribution in [0.15, 0.2) is 126 Å². The lowest BCUT2D eigenvalue weighted by atomic mass is 10.1. The van der Waals surface area contributed by atoms with E-state index in [1.54, 1.807) is 98.5 Å². The van der Waals surface area contributed by atoms with Crippen molar-refractivity contribution < 1.29 is 27.2 Å². The first kappa shape index (κ1) is 101. The number of hydrogen-bond acceptors (Lipinski definition) is 28. The van der Waals surface area contributed by atoms with Gasteiger partial charge in [-0.15, -0.1) is 74.4 Å². The lowest BCUT2D eigenvalue weighted by molar-refractivity contribution is 0.171. The maximum atomic E-state index is 14.1. The molecule has 2 aliphatic rings. The lowest BCUT2D eigenvalue weighted by Gasteiger charge is -2.18. The molecule has 0 aliphatic carbocycles. The minimum Gasteiger partial charge on any atom is -0.486 e. The maximum Gasteiger partial charge on any atom is 0.166 e. The molecule has 1 saturated heterocycles. The zero-order valence-electron chi connectivity index (χ0n) is 85.6. The first-order chi connectivity index (χ1) is 69.9. The molecule has 24 rings (SSSR count). The number of benzene rings is 4. The van der Waals surface area contributed by atoms with E-state index in [1.165, 1.54) is 87.5 Å². The van der Waals surface area contributed by atoms with Gasteiger partial charge in [-0.2, -0.15) is 30.6 Å². The third kappa shape index (κ3) is 20.5. The molecule has 2 unspecified atom stereocenters. The van der Waals surface area contributed by atoms with E-state index in [1.807, 2.05) is 147 Å². The van der Waals surface area contributed by atoms with Crippen molar-refractivity contribution in [2.75, 3.05) is 71.1 Å². The molecule has 752 valence electrons. The standard InChI is InChI=1S/C20H17FN4S.C20H20N4O2S.C20H22N4OS2.C18H17FN4S.C16H22N4S.C15H18N4OS/c1-5-13-6-7-15(21)14(9-13)10-22-19-18-17(25(4)24-19)16-11(2)8-12(3)23-20(16)26-18;1-11-8-12(2)22-20-16(11)17-18(27-20)19(23-24(17)3)21-10-13-4-5-14-15(9-13)26-7-6-25-14;1-12-10-13(2)22-20-16(12)17-18(26-20)19(23-24(17)3)21-11-14-6-8-15(9-7-14)27(4,5)25;1-10-8-11(2)21-18-14(10)15-16(24-18)17(22-23(15)3)20-9-12-6-4-5-7-13(12)19;1-9(2)6-7-17-15-14-13(20(5)19-15)12-10(3)8-11(4)18-16(12)21-14;1-8-6-9(2)16-15-11(8)12-13(21-15)14(18-19(12)3)17-10-4-5-20-7-10/h1,6-9H,10H2,2-4H3,(H,22,24);4-5,8-9H,6-7,10H2,1-3H3,(H,21,23);6-10H,4,11H2,1-3,5H3,(H,21,23);4-8H,9H2,1-3H3,(H,20,22);8-9H,6-7H2,1-5H3,(H,17,19);6,10H,4-5,7H2,1-3H3,(H,17,18). The number of nitrogens with zero attached hydrogens (tertiary/aromatic N) is 18. The Balaban J connectivity index is 0.000000111. The van der Waals surface area contributed by atoms with Crippen LogP contribution >= 0.6 is 68.0 Å². The van der Waals surface area contributed by atoms with Crippen LogP contribution in [0.25, 0.3) is 123 Å². The predicted molar refractivity (Wildman–Crippen MR) is 604 cm³/mol. The highest BCUT2D eigenvalue weighted by Crippen LogP contribution is 2.47. The zero-order chi connectivity index (χ0) is 103. The number of halogens is 2. The van der Waals surface area contributed by atoms with Gasteiger partial charge in [-0.1, -0.05) is 56.2 Å². The van der Waals surface area contributed by atoms with Gasteiger partial charge in [0.05, 0.1) is 73.9 Å². The molecule has 6 N–H and O–H groups in total. The second-order valence-corrected chi connectivity index (χ2v) is 46.4. The van der Waals surface area contributed by atoms with Crippen molar-refractivity contribution in [2.24, 2.45) is 48.2 Å². The van der Waals surface area contributed by atoms with Crippen LogP contribution in [0, 0.1) is 113 Å². The summed E-state index contributed by atoms with van der Waals surface area (Å²) >= 11 is 10.1. The summed E-state index contributed by atoms with van der Waals surface area (Å²) in [6.45, 7) is 35.2. The molecule has 4 aromatic carbocycles. The molecule has 22 aromatic rings. The van der Waals surface area contributed by atoms with E-state index in [-0.39, 0.29) is 11.6 Å². The quantitative estimate of drug-likeness (QED) is 0.0324. The summed E-state index contributed by atoms with van der Waals surface area (Å²) < 4.78 is 74.9. The Labute approximate surface area is 868 Å². The molecule has 0 bridgehead atoms. The van der Waals surface area contributed by atoms with Gasteiger partial charge in [0.2, 0.25) is 0 Å². The average molecular weight is 2090 g/mol. The van der Waals surface area contributed by atoms with Gasteiger partial charge in [0.25, 0.3) is 0 Å². The van der Waals surface area contributed by atoms with Crippen molar-refractivity contribution in [1.29, 1.82) is 0 Å². The van der Waals surface area contributed by atoms with Gasteiger partial charge in [-0.25, -0.2) is 38.7 Å². The van der Waals surface area contributed by atoms with Crippen molar-refractivity contribution in [1.82, 2.24) is 88.6 Å². The van der Waals surface area contributed by atoms with Crippen molar-refractivity contribution in [3.8, 4) is 23.8 Å². The maximum absolute atomic E-state index is 14.1. The number of aromatic nitrogens is 18. The van der Waals surface area contributed by atoms with E-state index < -0.39 is 9.52 Å². The predicted octanol–water partition coefficient (Wildman–Crippen LogP) is 24.6. The highest BCUT2D eigenvalue weighted by Gasteiger charge is 2.28. The molecule has 1 fully saturated rings. The van der Waals surface area contributed by atoms with Crippen LogP contribution in [0.1, 0.15) is 122 Å². The van der Waals surface area contributed by atoms with E-state index >= 15 is 0 Å². The highest BCUT2D eigenvalue weighted by molar-refractivity contribution is 7.99. The van der Waals surface area contributed by atoms with Crippen molar-refractivity contribution >= 4 is 241 Å². The number of aryl methyl sites for hydroxylation is 18. The van der Waals surface area contributed by atoms with Crippen molar-refractivity contribution in [2.45, 2.75) is 147 Å². The van der Waals surface area contributed by atoms with E-state index in [2.05, 4.69) is 194 Å². The summed E-state index contributed by atoms with van der Waals surface area (Å²) in [6.07, 6.45) is 9.26. The second-order valence-electron chi connectivity index (χ2n) is 38.0. The third-order valence-electron chi connectivity index (χ3n) is 25.8. The monoisotopic (exact) mass is 2090 g/mol. The molecule has 146 heavy (non-hydrogen) atoms. The third-order valence-corrected chi connectivity index (χ3v) is 33.5. The second kappa shape index (κ2) is 41.6. The van der Waals surface area contributed by atoms with Gasteiger partial charge >= 0.3 is 0 Å². The fraction of sp³-hybridized carbons (Fsp3) is 0.312. The van der Waals surface area contributed by atoms with E-state index in [9.17, 15) is 13.0 Å². The van der Waals surface area contributed by atoms with Crippen LogP contribution in [0.3, 0.4) is 0 Å². The molecule has 0 radical (unpaired) electrons. The van der Waals surface area contributed by atoms with Gasteiger partial charge < -0.3 is 46.1 Å². The fourth-order valence-electron chi connectivity index (χ4n) is 19.1. The number of nitrogens with one attached hydrogen (secondary N) is 6. The van der Waals surface area contributed by atoms with Gasteiger partial charge in [0, 0.05) is 176 Å². The Morgan fingerprint density at radius 3 is 1.11 bits per heavy atom. The van der Waals surface area contributed by atoms with Gasteiger partial charge in [0.15, 0.2) is 46.4 Å². The molecule has 0 saturated carbocycles. The first-order valence-corrected chi connectivity index (χ1v) is 55.2. The largest absolute Gasteiger partial charge is 0.486 e. The van der Waals surface area contributed by atoms with E-state index in [0.717, 1.165) is 210 Å². The Kier molecular flexibility index (Phi) is 28.7. The zero-order valence-corrected chi connectivity index (χ0v) is 91.3. The first-order valence-electron chi connectivity index (χ1n) is 48.2. The molecule has 0 amide bonds. The number of pyridine rings is 6. The number of terminal acetylenes is 1. The van der Waals surface area contributed by atoms with Crippen LogP contribution in [0.5, 0.6) is 11.5 Å². The minimum absolute atomic E-state index is 0.207. The van der Waals surface area contributed by atoms with Crippen LogP contribution < -0.4 is 41.4 Å². The lowest BCUT2D eigenvalue weighted by Crippen LogP contribution is -2.19. The Morgan fingerprint density at radius 1 is 0.411 bits per heavy atom. The van der Waals surface area contributed by atoms with E-state index in [0.29, 0.717) is 68.0 Å². The summed E-state index contributed by atoms with van der Waals surface area (Å²) in [5.74, 6) is 13.3. The molecule has 20 heterocycles. The Morgan fingerprint density at radius 2 is 0.747 bits per heavy atom. The van der Waals surface area contributed by atoms with E-state index in [4.69, 9.17) is 35.7 Å². The number of hydrogen-bond donors (Lipinski definition) is 6. The minimum atomic E-state index is -2.18. The Hall–Kier alpha value is -13.8. The number of fused-ring (bicyclic) bond motifs is 19. The molecule has 18 aromatic heterocycles. The summed E-state index contributed by atoms with van der Waals surface area (Å²) in [5.41, 5.74) is 24.5. The number of thiophene rings is 6. The summed E-state index contributed by atoms with van der Waals surface area (Å²) in [6, 6.07) is 38.3. The molecular weight excluding hydrogens is 1970 g/mol. The van der Waals surface area contributed by atoms with Gasteiger partial charge in [-0.3, -0.25) is 32.3 Å². The summed E-state index contributed by atoms with van der Waals surface area (Å²) in [4.78, 5) is 35.2. The molecular formula is C109H116F2N24O4S7. The van der Waals surface area contributed by atoms with Crippen molar-refractivity contribution in [3.05, 3.63) is 228 Å². The molecule has 37 heteroatoms. The van der Waals surface area contributed by atoms with Crippen LogP contribution in [-0.4, -0.2) is 144 Å². The number of anilines is 6. The fourth-order valence-corrected chi connectivity index (χ4v) is 27.5. The summed E-state index contributed by atoms with van der Waals surface area (Å²) in [7, 11) is 9.65. The smallest absolute Gasteiger partial charge is 0.166 e. The molecule has 28 nitrogen and oxygen atoms in total. The SMILES string of the molecule is C#Cc1ccc(F)c(CNc2nn(C)c3c2sc2nc(C)cc(C)c23)c1.C=S(C)(=O)c1ccc(CNc2nn(C)c3c2sc2nc(C)cc(C)c23)cc1.Cc1cc(C)c2c(n1)sc1c(NC3CCOC3)nn(C)c12.Cc1cc(C)c2c(n1)sc1c(NCCC(C)C)nn(C)c12.Cc1cc(C)c2c(n1)sc1c(NCc3ccc4c(c3)OCCO4)nn(C)c12.Cc1cc(C)c2c(n1)sc1c(NCc3ccccc3F)nn(C)c12. The molecule has 2 atom stereocenters. The summed E-state index contributed by atoms with van der Waals surface area (Å²) in [5, 5.41) is 55.4. The van der Waals surface area contributed by atoms with Gasteiger partial charge in [-0.05, 0) is 247 Å². The highest BCUT2D eigenvalue weighted by atomic mass is 32.2. The van der Waals surface area contributed by atoms with Crippen LogP contribution in [0.2, 0.25) is 0 Å². The van der Waals surface area contributed by atoms with Crippen molar-refractivity contribution in [3.63, 3.8) is 0 Å². The molecule has 2 aliphatic heterocycles. The normalized spacial score (nSPS) is 13.4.